The van der Waals surface area contributed by atoms with Gasteiger partial charge in [0.25, 0.3) is 5.91 Å². The number of rotatable bonds is 2. The second kappa shape index (κ2) is 5.16. The van der Waals surface area contributed by atoms with Gasteiger partial charge in [0, 0.05) is 18.0 Å². The molecule has 2 aromatic rings. The molecule has 0 aliphatic heterocycles. The molecule has 0 spiro atoms. The summed E-state index contributed by atoms with van der Waals surface area (Å²) in [5, 5.41) is 1.72. The maximum absolute atomic E-state index is 13.4. The summed E-state index contributed by atoms with van der Waals surface area (Å²) in [5.41, 5.74) is 4.12. The molecule has 4 nitrogen and oxygen atoms in total. The number of amides is 1. The number of hydrogen-bond acceptors (Lipinski definition) is 3. The summed E-state index contributed by atoms with van der Waals surface area (Å²) in [4.78, 5) is 15.3. The van der Waals surface area contributed by atoms with E-state index in [4.69, 9.17) is 5.73 Å². The highest BCUT2D eigenvalue weighted by Crippen LogP contribution is 2.24. The third kappa shape index (κ3) is 2.53. The zero-order chi connectivity index (χ0) is 14.9. The number of pyridine rings is 1. The van der Waals surface area contributed by atoms with Crippen LogP contribution in [-0.2, 0) is 0 Å². The fourth-order valence-electron chi connectivity index (χ4n) is 1.43. The van der Waals surface area contributed by atoms with Crippen molar-refractivity contribution in [2.24, 2.45) is 0 Å². The molecule has 0 aliphatic rings. The Hall–Kier alpha value is -2.64. The van der Waals surface area contributed by atoms with Gasteiger partial charge in [0.15, 0.2) is 23.3 Å². The number of hydrogen-bond donors (Lipinski definition) is 2. The molecule has 0 radical (unpaired) electrons. The van der Waals surface area contributed by atoms with Crippen LogP contribution < -0.4 is 11.1 Å². The van der Waals surface area contributed by atoms with E-state index in [2.05, 4.69) is 4.98 Å². The minimum atomic E-state index is -1.71. The van der Waals surface area contributed by atoms with Crippen LogP contribution in [0.2, 0.25) is 0 Å². The molecule has 0 unspecified atom stereocenters. The van der Waals surface area contributed by atoms with Gasteiger partial charge in [-0.15, -0.1) is 0 Å². The summed E-state index contributed by atoms with van der Waals surface area (Å²) in [5.74, 6) is -7.72. The number of benzene rings is 1. The number of halogens is 4. The molecule has 0 aliphatic carbocycles. The summed E-state index contributed by atoms with van der Waals surface area (Å²) in [7, 11) is 0. The largest absolute Gasteiger partial charge is 0.399 e. The first-order chi connectivity index (χ1) is 9.40. The van der Waals surface area contributed by atoms with Gasteiger partial charge < -0.3 is 11.1 Å². The van der Waals surface area contributed by atoms with Gasteiger partial charge in [0.05, 0.1) is 0 Å². The lowest BCUT2D eigenvalue weighted by atomic mass is 10.2. The molecule has 0 saturated heterocycles. The number of carbonyl (C=O) groups excluding carboxylic acids is 1. The minimum absolute atomic E-state index is 0.0408. The lowest BCUT2D eigenvalue weighted by Crippen LogP contribution is -2.17. The Kier molecular flexibility index (Phi) is 3.55. The molecular formula is C12H7F4N3O. The predicted molar refractivity (Wildman–Crippen MR) is 62.9 cm³/mol. The quantitative estimate of drug-likeness (QED) is 0.658. The third-order valence-electron chi connectivity index (χ3n) is 2.37. The average Bonchev–Trinajstić information content (AvgIpc) is 2.41. The van der Waals surface area contributed by atoms with E-state index in [-0.39, 0.29) is 17.4 Å². The zero-order valence-electron chi connectivity index (χ0n) is 9.75. The summed E-state index contributed by atoms with van der Waals surface area (Å²) >= 11 is 0. The van der Waals surface area contributed by atoms with Crippen molar-refractivity contribution in [1.29, 1.82) is 0 Å². The number of nitrogens with one attached hydrogen (secondary N) is 1. The minimum Gasteiger partial charge on any atom is -0.399 e. The number of nitrogens with zero attached hydrogens (tertiary/aromatic N) is 1. The molecule has 0 bridgehead atoms. The van der Waals surface area contributed by atoms with E-state index in [1.807, 2.05) is 0 Å². The molecule has 0 fully saturated rings. The van der Waals surface area contributed by atoms with Crippen molar-refractivity contribution in [2.45, 2.75) is 0 Å². The van der Waals surface area contributed by atoms with E-state index >= 15 is 0 Å². The second-order valence-corrected chi connectivity index (χ2v) is 3.77. The van der Waals surface area contributed by atoms with Crippen molar-refractivity contribution in [3.63, 3.8) is 0 Å². The fourth-order valence-corrected chi connectivity index (χ4v) is 1.43. The Labute approximate surface area is 110 Å². The summed E-state index contributed by atoms with van der Waals surface area (Å²) in [6.45, 7) is 0. The smallest absolute Gasteiger partial charge is 0.274 e. The Bertz CT molecular complexity index is 664. The van der Waals surface area contributed by atoms with Gasteiger partial charge in [-0.25, -0.2) is 17.6 Å². The normalized spacial score (nSPS) is 10.4. The average molecular weight is 285 g/mol. The van der Waals surface area contributed by atoms with Gasteiger partial charge in [0.1, 0.15) is 11.4 Å². The maximum atomic E-state index is 13.4. The van der Waals surface area contributed by atoms with Gasteiger partial charge in [-0.3, -0.25) is 9.78 Å². The van der Waals surface area contributed by atoms with Gasteiger partial charge in [0.2, 0.25) is 0 Å². The molecule has 104 valence electrons. The van der Waals surface area contributed by atoms with Crippen LogP contribution >= 0.6 is 0 Å². The van der Waals surface area contributed by atoms with Crippen LogP contribution in [0.1, 0.15) is 10.5 Å². The second-order valence-electron chi connectivity index (χ2n) is 3.77. The molecule has 1 amide bonds. The van der Waals surface area contributed by atoms with Crippen molar-refractivity contribution in [1.82, 2.24) is 4.98 Å². The highest BCUT2D eigenvalue weighted by molar-refractivity contribution is 6.03. The Morgan fingerprint density at radius 1 is 1.10 bits per heavy atom. The van der Waals surface area contributed by atoms with Crippen molar-refractivity contribution in [3.05, 3.63) is 53.4 Å². The Morgan fingerprint density at radius 3 is 2.25 bits per heavy atom. The molecule has 20 heavy (non-hydrogen) atoms. The molecule has 1 aromatic carbocycles. The molecular weight excluding hydrogens is 278 g/mol. The number of anilines is 2. The highest BCUT2D eigenvalue weighted by atomic mass is 19.2. The van der Waals surface area contributed by atoms with Crippen molar-refractivity contribution in [2.75, 3.05) is 11.1 Å². The van der Waals surface area contributed by atoms with E-state index < -0.39 is 34.9 Å². The molecule has 1 aromatic heterocycles. The highest BCUT2D eigenvalue weighted by Gasteiger charge is 2.21. The molecule has 1 heterocycles. The molecule has 3 N–H and O–H groups in total. The molecule has 2 rings (SSSR count). The third-order valence-corrected chi connectivity index (χ3v) is 2.37. The summed E-state index contributed by atoms with van der Waals surface area (Å²) in [6, 6.07) is 2.57. The number of carbonyl (C=O) groups is 1. The van der Waals surface area contributed by atoms with Crippen molar-refractivity contribution in [3.8, 4) is 0 Å². The number of nitrogens with two attached hydrogens (primary N) is 1. The monoisotopic (exact) mass is 285 g/mol. The SMILES string of the molecule is Nc1ccnc(C(=O)Nc2c(F)c(F)cc(F)c2F)c1. The van der Waals surface area contributed by atoms with Gasteiger partial charge >= 0.3 is 0 Å². The van der Waals surface area contributed by atoms with Crippen LogP contribution in [0.3, 0.4) is 0 Å². The van der Waals surface area contributed by atoms with Crippen molar-refractivity contribution < 1.29 is 22.4 Å². The van der Waals surface area contributed by atoms with E-state index in [9.17, 15) is 22.4 Å². The van der Waals surface area contributed by atoms with Crippen LogP contribution in [0.5, 0.6) is 0 Å². The molecule has 0 saturated carbocycles. The van der Waals surface area contributed by atoms with Crippen LogP contribution in [0.25, 0.3) is 0 Å². The predicted octanol–water partition coefficient (Wildman–Crippen LogP) is 2.47. The van der Waals surface area contributed by atoms with E-state index in [0.29, 0.717) is 0 Å². The van der Waals surface area contributed by atoms with Crippen LogP contribution in [0.15, 0.2) is 24.4 Å². The summed E-state index contributed by atoms with van der Waals surface area (Å²) < 4.78 is 52.6. The lowest BCUT2D eigenvalue weighted by molar-refractivity contribution is 0.102. The Balaban J connectivity index is 2.38. The lowest BCUT2D eigenvalue weighted by Gasteiger charge is -2.08. The first-order valence-electron chi connectivity index (χ1n) is 5.26. The van der Waals surface area contributed by atoms with Gasteiger partial charge in [-0.2, -0.15) is 0 Å². The standard InChI is InChI=1S/C12H7F4N3O/c13-6-4-7(14)10(16)11(9(6)15)19-12(20)8-3-5(17)1-2-18-8/h1-4H,(H2,17,18)(H,19,20). The first kappa shape index (κ1) is 13.8. The molecule has 8 heteroatoms. The first-order valence-corrected chi connectivity index (χ1v) is 5.26. The topological polar surface area (TPSA) is 68.0 Å². The van der Waals surface area contributed by atoms with Crippen LogP contribution in [-0.4, -0.2) is 10.9 Å². The van der Waals surface area contributed by atoms with Crippen LogP contribution in [0, 0.1) is 23.3 Å². The maximum Gasteiger partial charge on any atom is 0.274 e. The molecule has 0 atom stereocenters. The Morgan fingerprint density at radius 2 is 1.70 bits per heavy atom. The van der Waals surface area contributed by atoms with E-state index in [0.717, 1.165) is 6.07 Å². The summed E-state index contributed by atoms with van der Waals surface area (Å²) in [6.07, 6.45) is 1.20. The number of nitrogen functional groups attached to an aromatic ring is 1. The van der Waals surface area contributed by atoms with E-state index in [1.54, 1.807) is 5.32 Å². The zero-order valence-corrected chi connectivity index (χ0v) is 9.75. The number of aromatic nitrogens is 1. The van der Waals surface area contributed by atoms with E-state index in [1.165, 1.54) is 12.3 Å². The van der Waals surface area contributed by atoms with Gasteiger partial charge in [-0.1, -0.05) is 0 Å². The fraction of sp³-hybridized carbons (Fsp3) is 0. The van der Waals surface area contributed by atoms with Crippen molar-refractivity contribution >= 4 is 17.3 Å². The van der Waals surface area contributed by atoms with Crippen LogP contribution in [0.4, 0.5) is 28.9 Å². The van der Waals surface area contributed by atoms with Gasteiger partial charge in [-0.05, 0) is 12.1 Å².